The number of para-hydroxylation sites is 2. The quantitative estimate of drug-likeness (QED) is 0.272. The summed E-state index contributed by atoms with van der Waals surface area (Å²) in [6, 6.07) is 24.3. The molecule has 2 N–H and O–H groups in total. The first kappa shape index (κ1) is 26.9. The number of amides is 2. The largest absolute Gasteiger partial charge is 0.493 e. The highest BCUT2D eigenvalue weighted by atomic mass is 32.1. The molecule has 0 aliphatic carbocycles. The minimum absolute atomic E-state index is 0.185. The van der Waals surface area contributed by atoms with Crippen molar-refractivity contribution in [1.82, 2.24) is 10.6 Å². The monoisotopic (exact) mass is 503 g/mol. The SMILES string of the molecule is CCCCCOc1ccccc1C(=O)NC(=S)N(C)c1ccccc1C(=O)NCCc1ccccc1. The molecule has 0 aliphatic rings. The molecule has 3 rings (SSSR count). The van der Waals surface area contributed by atoms with Crippen molar-refractivity contribution >= 4 is 34.8 Å². The van der Waals surface area contributed by atoms with E-state index in [4.69, 9.17) is 17.0 Å². The van der Waals surface area contributed by atoms with E-state index in [2.05, 4.69) is 17.6 Å². The molecule has 6 nitrogen and oxygen atoms in total. The van der Waals surface area contributed by atoms with Gasteiger partial charge in [0, 0.05) is 13.6 Å². The molecule has 7 heteroatoms. The van der Waals surface area contributed by atoms with Crippen LogP contribution >= 0.6 is 12.2 Å². The molecule has 0 unspecified atom stereocenters. The van der Waals surface area contributed by atoms with Gasteiger partial charge in [0.1, 0.15) is 5.75 Å². The van der Waals surface area contributed by atoms with Crippen molar-refractivity contribution in [3.63, 3.8) is 0 Å². The molecule has 0 aliphatic heterocycles. The van der Waals surface area contributed by atoms with Crippen molar-refractivity contribution in [2.45, 2.75) is 32.6 Å². The van der Waals surface area contributed by atoms with E-state index in [0.717, 1.165) is 31.2 Å². The molecular formula is C29H33N3O3S. The third kappa shape index (κ3) is 7.65. The van der Waals surface area contributed by atoms with E-state index in [9.17, 15) is 9.59 Å². The number of nitrogens with one attached hydrogen (secondary N) is 2. The van der Waals surface area contributed by atoms with E-state index in [1.165, 1.54) is 0 Å². The first-order chi connectivity index (χ1) is 17.5. The summed E-state index contributed by atoms with van der Waals surface area (Å²) >= 11 is 5.52. The van der Waals surface area contributed by atoms with Gasteiger partial charge in [-0.05, 0) is 54.9 Å². The summed E-state index contributed by atoms with van der Waals surface area (Å²) in [6.45, 7) is 3.19. The topological polar surface area (TPSA) is 70.7 Å². The Kier molecular flexibility index (Phi) is 10.5. The lowest BCUT2D eigenvalue weighted by Crippen LogP contribution is -2.41. The van der Waals surface area contributed by atoms with Gasteiger partial charge in [-0.15, -0.1) is 0 Å². The molecule has 36 heavy (non-hydrogen) atoms. The first-order valence-electron chi connectivity index (χ1n) is 12.2. The molecule has 0 spiro atoms. The van der Waals surface area contributed by atoms with Crippen LogP contribution in [-0.2, 0) is 6.42 Å². The zero-order chi connectivity index (χ0) is 25.8. The zero-order valence-corrected chi connectivity index (χ0v) is 21.6. The molecule has 3 aromatic carbocycles. The molecule has 0 fully saturated rings. The Morgan fingerprint density at radius 1 is 0.861 bits per heavy atom. The second kappa shape index (κ2) is 14.0. The average Bonchev–Trinajstić information content (AvgIpc) is 2.91. The number of rotatable bonds is 11. The standard InChI is InChI=1S/C29H33N3O3S/c1-3-4-12-21-35-26-18-11-9-16-24(26)28(34)31-29(36)32(2)25-17-10-8-15-23(25)27(33)30-20-19-22-13-6-5-7-14-22/h5-11,13-18H,3-4,12,19-21H2,1-2H3,(H,30,33)(H,31,34,36). The molecule has 0 heterocycles. The lowest BCUT2D eigenvalue weighted by molar-refractivity contribution is 0.0952. The van der Waals surface area contributed by atoms with Crippen LogP contribution in [0.4, 0.5) is 5.69 Å². The van der Waals surface area contributed by atoms with Gasteiger partial charge in [0.15, 0.2) is 5.11 Å². The van der Waals surface area contributed by atoms with Crippen LogP contribution in [0.3, 0.4) is 0 Å². The third-order valence-corrected chi connectivity index (χ3v) is 6.09. The van der Waals surface area contributed by atoms with E-state index in [1.54, 1.807) is 48.3 Å². The zero-order valence-electron chi connectivity index (χ0n) is 20.8. The highest BCUT2D eigenvalue weighted by Crippen LogP contribution is 2.21. The lowest BCUT2D eigenvalue weighted by Gasteiger charge is -2.23. The number of benzene rings is 3. The van der Waals surface area contributed by atoms with Crippen molar-refractivity contribution in [3.05, 3.63) is 95.6 Å². The molecule has 0 saturated heterocycles. The van der Waals surface area contributed by atoms with E-state index in [1.807, 2.05) is 42.5 Å². The van der Waals surface area contributed by atoms with Gasteiger partial charge < -0.3 is 15.0 Å². The summed E-state index contributed by atoms with van der Waals surface area (Å²) in [5.74, 6) is -0.0363. The third-order valence-electron chi connectivity index (χ3n) is 5.71. The molecule has 188 valence electrons. The Labute approximate surface area is 218 Å². The van der Waals surface area contributed by atoms with Crippen LogP contribution in [0, 0.1) is 0 Å². The fourth-order valence-electron chi connectivity index (χ4n) is 3.69. The number of anilines is 1. The Balaban J connectivity index is 1.63. The van der Waals surface area contributed by atoms with E-state index in [0.29, 0.717) is 35.7 Å². The van der Waals surface area contributed by atoms with E-state index in [-0.39, 0.29) is 16.9 Å². The summed E-state index contributed by atoms with van der Waals surface area (Å²) in [5.41, 5.74) is 2.65. The van der Waals surface area contributed by atoms with Crippen LogP contribution in [0.5, 0.6) is 5.75 Å². The number of unbranched alkanes of at least 4 members (excludes halogenated alkanes) is 2. The Morgan fingerprint density at radius 3 is 2.28 bits per heavy atom. The molecular weight excluding hydrogens is 470 g/mol. The van der Waals surface area contributed by atoms with E-state index >= 15 is 0 Å². The van der Waals surface area contributed by atoms with Crippen LogP contribution in [0.2, 0.25) is 0 Å². The number of nitrogens with zero attached hydrogens (tertiary/aromatic N) is 1. The number of carbonyl (C=O) groups is 2. The van der Waals surface area contributed by atoms with Gasteiger partial charge >= 0.3 is 0 Å². The van der Waals surface area contributed by atoms with Gasteiger partial charge in [0.25, 0.3) is 11.8 Å². The molecule has 3 aromatic rings. The van der Waals surface area contributed by atoms with Crippen molar-refractivity contribution in [1.29, 1.82) is 0 Å². The van der Waals surface area contributed by atoms with Crippen molar-refractivity contribution < 1.29 is 14.3 Å². The van der Waals surface area contributed by atoms with Gasteiger partial charge in [-0.3, -0.25) is 14.9 Å². The highest BCUT2D eigenvalue weighted by molar-refractivity contribution is 7.80. The second-order valence-electron chi connectivity index (χ2n) is 8.38. The molecule has 2 amide bonds. The van der Waals surface area contributed by atoms with Crippen LogP contribution in [0.15, 0.2) is 78.9 Å². The van der Waals surface area contributed by atoms with Gasteiger partial charge in [-0.1, -0.05) is 74.4 Å². The van der Waals surface area contributed by atoms with Crippen LogP contribution in [-0.4, -0.2) is 37.1 Å². The minimum atomic E-state index is -0.359. The maximum Gasteiger partial charge on any atom is 0.261 e. The van der Waals surface area contributed by atoms with Crippen molar-refractivity contribution in [2.24, 2.45) is 0 Å². The van der Waals surface area contributed by atoms with E-state index < -0.39 is 0 Å². The first-order valence-corrected chi connectivity index (χ1v) is 12.6. The number of thiocarbonyl (C=S) groups is 1. The summed E-state index contributed by atoms with van der Waals surface area (Å²) in [5, 5.41) is 5.93. The molecule has 0 radical (unpaired) electrons. The Hall–Kier alpha value is -3.71. The summed E-state index contributed by atoms with van der Waals surface area (Å²) in [7, 11) is 1.73. The highest BCUT2D eigenvalue weighted by Gasteiger charge is 2.19. The molecule has 0 bridgehead atoms. The molecule has 0 atom stereocenters. The normalized spacial score (nSPS) is 10.4. The summed E-state index contributed by atoms with van der Waals surface area (Å²) < 4.78 is 5.84. The number of ether oxygens (including phenoxy) is 1. The molecule has 0 saturated carbocycles. The smallest absolute Gasteiger partial charge is 0.261 e. The predicted molar refractivity (Wildman–Crippen MR) is 149 cm³/mol. The Morgan fingerprint density at radius 2 is 1.53 bits per heavy atom. The maximum absolute atomic E-state index is 13.0. The number of carbonyl (C=O) groups excluding carboxylic acids is 2. The predicted octanol–water partition coefficient (Wildman–Crippen LogP) is 5.38. The second-order valence-corrected chi connectivity index (χ2v) is 8.77. The van der Waals surface area contributed by atoms with Gasteiger partial charge in [-0.2, -0.15) is 0 Å². The molecule has 0 aromatic heterocycles. The fraction of sp³-hybridized carbons (Fsp3) is 0.276. The Bertz CT molecular complexity index is 1170. The average molecular weight is 504 g/mol. The van der Waals surface area contributed by atoms with Gasteiger partial charge in [-0.25, -0.2) is 0 Å². The fourth-order valence-corrected chi connectivity index (χ4v) is 3.88. The number of hydrogen-bond acceptors (Lipinski definition) is 4. The maximum atomic E-state index is 13.0. The van der Waals surface area contributed by atoms with Gasteiger partial charge in [0.2, 0.25) is 0 Å². The summed E-state index contributed by atoms with van der Waals surface area (Å²) in [4.78, 5) is 27.6. The van der Waals surface area contributed by atoms with Crippen LogP contribution < -0.4 is 20.3 Å². The number of hydrogen-bond donors (Lipinski definition) is 2. The van der Waals surface area contributed by atoms with Crippen molar-refractivity contribution in [3.8, 4) is 5.75 Å². The van der Waals surface area contributed by atoms with Crippen LogP contribution in [0.1, 0.15) is 52.5 Å². The van der Waals surface area contributed by atoms with Gasteiger partial charge in [0.05, 0.1) is 23.4 Å². The van der Waals surface area contributed by atoms with Crippen molar-refractivity contribution in [2.75, 3.05) is 25.1 Å². The van der Waals surface area contributed by atoms with Crippen LogP contribution in [0.25, 0.3) is 0 Å². The lowest BCUT2D eigenvalue weighted by atomic mass is 10.1. The minimum Gasteiger partial charge on any atom is -0.493 e. The summed E-state index contributed by atoms with van der Waals surface area (Å²) in [6.07, 6.45) is 3.83.